The van der Waals surface area contributed by atoms with Crippen LogP contribution in [0.25, 0.3) is 5.69 Å². The van der Waals surface area contributed by atoms with Crippen LogP contribution < -0.4 is 15.6 Å². The van der Waals surface area contributed by atoms with Crippen LogP contribution in [0.4, 0.5) is 5.82 Å². The highest BCUT2D eigenvalue weighted by atomic mass is 32.1. The molecule has 0 saturated carbocycles. The van der Waals surface area contributed by atoms with Crippen molar-refractivity contribution in [2.45, 2.75) is 20.0 Å². The lowest BCUT2D eigenvalue weighted by atomic mass is 10.1. The number of aryl methyl sites for hydroxylation is 1. The maximum absolute atomic E-state index is 12.6. The number of benzene rings is 2. The molecule has 3 aromatic rings. The van der Waals surface area contributed by atoms with Crippen molar-refractivity contribution in [3.63, 3.8) is 0 Å². The van der Waals surface area contributed by atoms with Gasteiger partial charge in [-0.1, -0.05) is 30.3 Å². The van der Waals surface area contributed by atoms with Crippen LogP contribution in [0.3, 0.4) is 0 Å². The third-order valence-corrected chi connectivity index (χ3v) is 5.27. The fourth-order valence-corrected chi connectivity index (χ4v) is 3.80. The largest absolute Gasteiger partial charge is 0.497 e. The molecule has 2 aromatic carbocycles. The van der Waals surface area contributed by atoms with Crippen molar-refractivity contribution in [2.75, 3.05) is 19.1 Å². The molecule has 7 heteroatoms. The summed E-state index contributed by atoms with van der Waals surface area (Å²) in [5.41, 5.74) is 3.77. The van der Waals surface area contributed by atoms with Crippen LogP contribution in [0.1, 0.15) is 16.7 Å². The maximum Gasteiger partial charge on any atom is 0.258 e. The van der Waals surface area contributed by atoms with E-state index in [0.29, 0.717) is 23.5 Å². The van der Waals surface area contributed by atoms with Gasteiger partial charge < -0.3 is 10.1 Å². The van der Waals surface area contributed by atoms with E-state index in [-0.39, 0.29) is 5.56 Å². The van der Waals surface area contributed by atoms with Crippen molar-refractivity contribution >= 4 is 18.0 Å². The number of fused-ring (bicyclic) bond motifs is 1. The van der Waals surface area contributed by atoms with E-state index in [1.807, 2.05) is 60.0 Å². The number of aromatic nitrogens is 2. The van der Waals surface area contributed by atoms with Gasteiger partial charge in [-0.05, 0) is 48.5 Å². The zero-order valence-electron chi connectivity index (χ0n) is 15.9. The number of hydrogen-bond donors (Lipinski definition) is 2. The van der Waals surface area contributed by atoms with Crippen molar-refractivity contribution in [3.8, 4) is 11.4 Å². The smallest absolute Gasteiger partial charge is 0.258 e. The molecule has 0 spiro atoms. The minimum absolute atomic E-state index is 0.142. The third kappa shape index (κ3) is 3.46. The Kier molecular flexibility index (Phi) is 5.02. The molecule has 0 atom stereocenters. The molecule has 0 amide bonds. The zero-order valence-corrected chi connectivity index (χ0v) is 16.7. The number of hydrogen-bond acceptors (Lipinski definition) is 5. The Morgan fingerprint density at radius 2 is 1.89 bits per heavy atom. The summed E-state index contributed by atoms with van der Waals surface area (Å²) in [5, 5.41) is 3.41. The van der Waals surface area contributed by atoms with Crippen molar-refractivity contribution < 1.29 is 4.74 Å². The van der Waals surface area contributed by atoms with Gasteiger partial charge in [0.2, 0.25) is 0 Å². The highest BCUT2D eigenvalue weighted by Crippen LogP contribution is 2.25. The van der Waals surface area contributed by atoms with E-state index in [1.165, 1.54) is 0 Å². The van der Waals surface area contributed by atoms with Gasteiger partial charge in [-0.2, -0.15) is 0 Å². The van der Waals surface area contributed by atoms with Gasteiger partial charge in [-0.15, -0.1) is 0 Å². The van der Waals surface area contributed by atoms with Gasteiger partial charge >= 0.3 is 0 Å². The van der Waals surface area contributed by atoms with Crippen molar-refractivity contribution in [2.24, 2.45) is 0 Å². The van der Waals surface area contributed by atoms with E-state index in [0.717, 1.165) is 34.9 Å². The Bertz CT molecular complexity index is 1120. The van der Waals surface area contributed by atoms with Crippen LogP contribution in [0.2, 0.25) is 0 Å². The Morgan fingerprint density at radius 3 is 2.61 bits per heavy atom. The Morgan fingerprint density at radius 1 is 1.14 bits per heavy atom. The second kappa shape index (κ2) is 7.61. The fourth-order valence-electron chi connectivity index (χ4n) is 3.52. The van der Waals surface area contributed by atoms with Gasteiger partial charge in [0.15, 0.2) is 4.77 Å². The second-order valence-corrected chi connectivity index (χ2v) is 7.27. The van der Waals surface area contributed by atoms with Crippen molar-refractivity contribution in [1.82, 2.24) is 14.5 Å². The molecule has 2 N–H and O–H groups in total. The quantitative estimate of drug-likeness (QED) is 0.662. The number of nitrogens with one attached hydrogen (secondary N) is 2. The van der Waals surface area contributed by atoms with Crippen molar-refractivity contribution in [3.05, 3.63) is 80.3 Å². The monoisotopic (exact) mass is 394 g/mol. The summed E-state index contributed by atoms with van der Waals surface area (Å²) in [6.07, 6.45) is 0. The number of H-pyrrole nitrogens is 1. The molecule has 0 aliphatic carbocycles. The number of nitrogens with zero attached hydrogens (tertiary/aromatic N) is 2. The molecule has 1 aromatic heterocycles. The molecular weight excluding hydrogens is 372 g/mol. The van der Waals surface area contributed by atoms with Gasteiger partial charge in [0, 0.05) is 13.1 Å². The highest BCUT2D eigenvalue weighted by molar-refractivity contribution is 7.71. The lowest BCUT2D eigenvalue weighted by molar-refractivity contribution is 0.263. The van der Waals surface area contributed by atoms with E-state index in [9.17, 15) is 4.79 Å². The molecule has 0 radical (unpaired) electrons. The first-order valence-corrected chi connectivity index (χ1v) is 9.51. The Hall–Kier alpha value is -2.90. The zero-order chi connectivity index (χ0) is 19.7. The average molecular weight is 395 g/mol. The summed E-state index contributed by atoms with van der Waals surface area (Å²) in [4.78, 5) is 17.6. The van der Waals surface area contributed by atoms with E-state index >= 15 is 0 Å². The summed E-state index contributed by atoms with van der Waals surface area (Å²) in [5.74, 6) is 1.61. The van der Waals surface area contributed by atoms with Gasteiger partial charge in [-0.3, -0.25) is 19.2 Å². The van der Waals surface area contributed by atoms with Gasteiger partial charge in [0.1, 0.15) is 11.6 Å². The standard InChI is InChI=1S/C21H22N4O2S/c1-14-5-3-4-6-18(14)25-19-17(20(26)23-21(25)28)12-24(13-22-19)11-15-7-9-16(27-2)10-8-15/h3-10,22H,11-13H2,1-2H3,(H,23,26,28). The molecule has 2 heterocycles. The van der Waals surface area contributed by atoms with E-state index in [4.69, 9.17) is 17.0 Å². The van der Waals surface area contributed by atoms with Crippen LogP contribution in [0, 0.1) is 11.7 Å². The molecule has 4 rings (SSSR count). The predicted molar refractivity (Wildman–Crippen MR) is 113 cm³/mol. The molecule has 28 heavy (non-hydrogen) atoms. The van der Waals surface area contributed by atoms with Crippen LogP contribution in [-0.4, -0.2) is 28.2 Å². The molecule has 1 aliphatic rings. The molecule has 0 fully saturated rings. The number of methoxy groups -OCH3 is 1. The summed E-state index contributed by atoms with van der Waals surface area (Å²) < 4.78 is 7.53. The number of aromatic amines is 1. The first-order valence-electron chi connectivity index (χ1n) is 9.10. The molecule has 0 saturated heterocycles. The third-order valence-electron chi connectivity index (χ3n) is 4.98. The van der Waals surface area contributed by atoms with Crippen molar-refractivity contribution in [1.29, 1.82) is 0 Å². The fraction of sp³-hybridized carbons (Fsp3) is 0.238. The van der Waals surface area contributed by atoms with Gasteiger partial charge in [0.25, 0.3) is 5.56 Å². The average Bonchev–Trinajstić information content (AvgIpc) is 2.70. The molecular formula is C21H22N4O2S. The lowest BCUT2D eigenvalue weighted by Crippen LogP contribution is -2.38. The first-order chi connectivity index (χ1) is 13.6. The summed E-state index contributed by atoms with van der Waals surface area (Å²) in [6, 6.07) is 16.0. The molecule has 1 aliphatic heterocycles. The number of anilines is 1. The first kappa shape index (κ1) is 18.5. The van der Waals surface area contributed by atoms with E-state index in [2.05, 4.69) is 15.2 Å². The normalized spacial score (nSPS) is 13.6. The number of rotatable bonds is 4. The summed E-state index contributed by atoms with van der Waals surface area (Å²) in [7, 11) is 1.66. The van der Waals surface area contributed by atoms with Crippen LogP contribution >= 0.6 is 12.2 Å². The molecule has 0 unspecified atom stereocenters. The topological polar surface area (TPSA) is 62.3 Å². The lowest BCUT2D eigenvalue weighted by Gasteiger charge is -2.31. The second-order valence-electron chi connectivity index (χ2n) is 6.88. The predicted octanol–water partition coefficient (Wildman–Crippen LogP) is 3.60. The van der Waals surface area contributed by atoms with Crippen LogP contribution in [0.5, 0.6) is 5.75 Å². The number of para-hydroxylation sites is 1. The SMILES string of the molecule is COc1ccc(CN2CNc3c(c(=O)[nH]c(=S)n3-c3ccccc3C)C2)cc1. The maximum atomic E-state index is 12.6. The van der Waals surface area contributed by atoms with Crippen LogP contribution in [-0.2, 0) is 13.1 Å². The van der Waals surface area contributed by atoms with E-state index < -0.39 is 0 Å². The Labute approximate surface area is 168 Å². The molecule has 0 bridgehead atoms. The Balaban J connectivity index is 1.67. The van der Waals surface area contributed by atoms with E-state index in [1.54, 1.807) is 7.11 Å². The van der Waals surface area contributed by atoms with Gasteiger partial charge in [-0.25, -0.2) is 0 Å². The highest BCUT2D eigenvalue weighted by Gasteiger charge is 2.23. The molecule has 144 valence electrons. The van der Waals surface area contributed by atoms with Gasteiger partial charge in [0.05, 0.1) is 25.0 Å². The number of ether oxygens (including phenoxy) is 1. The minimum atomic E-state index is -0.142. The summed E-state index contributed by atoms with van der Waals surface area (Å²) >= 11 is 5.47. The van der Waals surface area contributed by atoms with Crippen LogP contribution in [0.15, 0.2) is 53.3 Å². The minimum Gasteiger partial charge on any atom is -0.497 e. The summed E-state index contributed by atoms with van der Waals surface area (Å²) in [6.45, 7) is 3.94. The molecule has 6 nitrogen and oxygen atoms in total.